The highest BCUT2D eigenvalue weighted by molar-refractivity contribution is 7.89. The van der Waals surface area contributed by atoms with Crippen molar-refractivity contribution in [3.63, 3.8) is 0 Å². The van der Waals surface area contributed by atoms with Gasteiger partial charge in [0.2, 0.25) is 10.0 Å². The molecule has 1 aromatic rings. The van der Waals surface area contributed by atoms with Crippen LogP contribution in [-0.4, -0.2) is 21.5 Å². The van der Waals surface area contributed by atoms with Crippen LogP contribution in [0.15, 0.2) is 23.1 Å². The second-order valence-electron chi connectivity index (χ2n) is 3.43. The number of hydrogen-bond donors (Lipinski definition) is 2. The Morgan fingerprint density at radius 2 is 2.06 bits per heavy atom. The predicted octanol–water partition coefficient (Wildman–Crippen LogP) is 1.70. The summed E-state index contributed by atoms with van der Waals surface area (Å²) < 4.78 is 26.1. The Hall–Kier alpha value is -0.330. The molecule has 0 bridgehead atoms. The lowest BCUT2D eigenvalue weighted by molar-refractivity contribution is 0.579. The summed E-state index contributed by atoms with van der Waals surface area (Å²) in [7, 11) is -3.52. The Kier molecular flexibility index (Phi) is 7.04. The third kappa shape index (κ3) is 4.44. The van der Waals surface area contributed by atoms with Gasteiger partial charge in [-0.15, -0.1) is 12.4 Å². The van der Waals surface area contributed by atoms with Crippen molar-refractivity contribution < 1.29 is 8.42 Å². The van der Waals surface area contributed by atoms with Crippen molar-refractivity contribution in [1.82, 2.24) is 4.72 Å². The SMILES string of the molecule is Cc1cccc(S(=O)(=O)NCCCN)c1Cl.Cl. The van der Waals surface area contributed by atoms with E-state index < -0.39 is 10.0 Å². The van der Waals surface area contributed by atoms with Crippen molar-refractivity contribution >= 4 is 34.0 Å². The number of aryl methyl sites for hydroxylation is 1. The number of benzene rings is 1. The van der Waals surface area contributed by atoms with Gasteiger partial charge in [0.25, 0.3) is 0 Å². The number of nitrogens with one attached hydrogen (secondary N) is 1. The van der Waals surface area contributed by atoms with Crippen LogP contribution < -0.4 is 10.5 Å². The molecule has 0 aliphatic rings. The largest absolute Gasteiger partial charge is 0.330 e. The lowest BCUT2D eigenvalue weighted by Crippen LogP contribution is -2.26. The highest BCUT2D eigenvalue weighted by Gasteiger charge is 2.17. The van der Waals surface area contributed by atoms with Gasteiger partial charge in [-0.1, -0.05) is 23.7 Å². The van der Waals surface area contributed by atoms with Crippen LogP contribution >= 0.6 is 24.0 Å². The van der Waals surface area contributed by atoms with Gasteiger partial charge in [-0.25, -0.2) is 13.1 Å². The van der Waals surface area contributed by atoms with E-state index in [1.54, 1.807) is 19.1 Å². The number of nitrogens with two attached hydrogens (primary N) is 1. The van der Waals surface area contributed by atoms with E-state index in [1.807, 2.05) is 0 Å². The highest BCUT2D eigenvalue weighted by atomic mass is 35.5. The van der Waals surface area contributed by atoms with Gasteiger partial charge in [-0.3, -0.25) is 0 Å². The van der Waals surface area contributed by atoms with Crippen molar-refractivity contribution in [2.24, 2.45) is 5.73 Å². The summed E-state index contributed by atoms with van der Waals surface area (Å²) in [5.41, 5.74) is 6.03. The summed E-state index contributed by atoms with van der Waals surface area (Å²) in [5, 5.41) is 0.266. The van der Waals surface area contributed by atoms with Gasteiger partial charge in [-0.05, 0) is 31.5 Å². The third-order valence-electron chi connectivity index (χ3n) is 2.12. The molecular formula is C10H16Cl2N2O2S. The first kappa shape index (κ1) is 16.7. The molecule has 1 aromatic carbocycles. The molecule has 0 radical (unpaired) electrons. The topological polar surface area (TPSA) is 72.2 Å². The molecule has 0 fully saturated rings. The van der Waals surface area contributed by atoms with Gasteiger partial charge >= 0.3 is 0 Å². The zero-order chi connectivity index (χ0) is 12.2. The third-order valence-corrected chi connectivity index (χ3v) is 4.24. The lowest BCUT2D eigenvalue weighted by Gasteiger charge is -2.09. The summed E-state index contributed by atoms with van der Waals surface area (Å²) >= 11 is 5.95. The maximum absolute atomic E-state index is 11.8. The number of halogens is 2. The maximum Gasteiger partial charge on any atom is 0.242 e. The molecule has 0 aliphatic carbocycles. The molecule has 98 valence electrons. The second kappa shape index (κ2) is 7.18. The fraction of sp³-hybridized carbons (Fsp3) is 0.400. The molecule has 0 unspecified atom stereocenters. The molecule has 0 saturated heterocycles. The molecule has 0 aromatic heterocycles. The van der Waals surface area contributed by atoms with Crippen LogP contribution in [0, 0.1) is 6.92 Å². The Morgan fingerprint density at radius 1 is 1.41 bits per heavy atom. The number of rotatable bonds is 5. The van der Waals surface area contributed by atoms with E-state index in [2.05, 4.69) is 4.72 Å². The molecule has 4 nitrogen and oxygen atoms in total. The Bertz CT molecular complexity index is 463. The van der Waals surface area contributed by atoms with Gasteiger partial charge in [0, 0.05) is 6.54 Å². The minimum atomic E-state index is -3.52. The van der Waals surface area contributed by atoms with Gasteiger partial charge in [0.15, 0.2) is 0 Å². The van der Waals surface area contributed by atoms with Gasteiger partial charge in [-0.2, -0.15) is 0 Å². The van der Waals surface area contributed by atoms with Crippen molar-refractivity contribution in [2.45, 2.75) is 18.2 Å². The smallest absolute Gasteiger partial charge is 0.242 e. The van der Waals surface area contributed by atoms with Crippen LogP contribution in [0.5, 0.6) is 0 Å². The van der Waals surface area contributed by atoms with Crippen molar-refractivity contribution in [1.29, 1.82) is 0 Å². The molecule has 0 atom stereocenters. The van der Waals surface area contributed by atoms with E-state index in [-0.39, 0.29) is 22.3 Å². The van der Waals surface area contributed by atoms with Crippen molar-refractivity contribution in [3.8, 4) is 0 Å². The minimum Gasteiger partial charge on any atom is -0.330 e. The standard InChI is InChI=1S/C10H15ClN2O2S.ClH/c1-8-4-2-5-9(10(8)11)16(14,15)13-7-3-6-12;/h2,4-5,13H,3,6-7,12H2,1H3;1H. The molecule has 0 heterocycles. The molecule has 17 heavy (non-hydrogen) atoms. The average molecular weight is 299 g/mol. The molecule has 7 heteroatoms. The van der Waals surface area contributed by atoms with Crippen LogP contribution in [0.3, 0.4) is 0 Å². The second-order valence-corrected chi connectivity index (χ2v) is 5.54. The molecule has 0 spiro atoms. The lowest BCUT2D eigenvalue weighted by atomic mass is 10.2. The summed E-state index contributed by atoms with van der Waals surface area (Å²) in [6.45, 7) is 2.54. The number of hydrogen-bond acceptors (Lipinski definition) is 3. The van der Waals surface area contributed by atoms with Crippen LogP contribution in [0.2, 0.25) is 5.02 Å². The quantitative estimate of drug-likeness (QED) is 0.813. The number of sulfonamides is 1. The molecule has 3 N–H and O–H groups in total. The summed E-state index contributed by atoms with van der Waals surface area (Å²) in [6.07, 6.45) is 0.600. The summed E-state index contributed by atoms with van der Waals surface area (Å²) in [4.78, 5) is 0.117. The van der Waals surface area contributed by atoms with Gasteiger partial charge in [0.05, 0.1) is 5.02 Å². The normalized spacial score (nSPS) is 11.0. The average Bonchev–Trinajstić information content (AvgIpc) is 2.22. The van der Waals surface area contributed by atoms with E-state index in [9.17, 15) is 8.42 Å². The fourth-order valence-corrected chi connectivity index (χ4v) is 2.87. The highest BCUT2D eigenvalue weighted by Crippen LogP contribution is 2.24. The van der Waals surface area contributed by atoms with Crippen molar-refractivity contribution in [3.05, 3.63) is 28.8 Å². The van der Waals surface area contributed by atoms with Crippen LogP contribution in [-0.2, 0) is 10.0 Å². The van der Waals surface area contributed by atoms with E-state index >= 15 is 0 Å². The molecule has 0 saturated carbocycles. The zero-order valence-electron chi connectivity index (χ0n) is 9.44. The first-order chi connectivity index (χ1) is 7.49. The monoisotopic (exact) mass is 298 g/mol. The fourth-order valence-electron chi connectivity index (χ4n) is 1.21. The maximum atomic E-state index is 11.8. The molecule has 0 amide bonds. The van der Waals surface area contributed by atoms with E-state index in [4.69, 9.17) is 17.3 Å². The van der Waals surface area contributed by atoms with Gasteiger partial charge in [0.1, 0.15) is 4.90 Å². The first-order valence-electron chi connectivity index (χ1n) is 4.94. The molecular weight excluding hydrogens is 283 g/mol. The van der Waals surface area contributed by atoms with Crippen LogP contribution in [0.25, 0.3) is 0 Å². The molecule has 0 aliphatic heterocycles. The van der Waals surface area contributed by atoms with E-state index in [0.717, 1.165) is 5.56 Å². The first-order valence-corrected chi connectivity index (χ1v) is 6.80. The predicted molar refractivity (Wildman–Crippen MR) is 72.3 cm³/mol. The van der Waals surface area contributed by atoms with Crippen LogP contribution in [0.4, 0.5) is 0 Å². The van der Waals surface area contributed by atoms with Crippen LogP contribution in [0.1, 0.15) is 12.0 Å². The Labute approximate surface area is 113 Å². The summed E-state index contributed by atoms with van der Waals surface area (Å²) in [5.74, 6) is 0. The van der Waals surface area contributed by atoms with E-state index in [0.29, 0.717) is 19.5 Å². The van der Waals surface area contributed by atoms with E-state index in [1.165, 1.54) is 6.07 Å². The molecule has 1 rings (SSSR count). The Morgan fingerprint density at radius 3 is 2.65 bits per heavy atom. The minimum absolute atomic E-state index is 0. The summed E-state index contributed by atoms with van der Waals surface area (Å²) in [6, 6.07) is 4.92. The van der Waals surface area contributed by atoms with Crippen molar-refractivity contribution in [2.75, 3.05) is 13.1 Å². The van der Waals surface area contributed by atoms with Gasteiger partial charge < -0.3 is 5.73 Å². The zero-order valence-corrected chi connectivity index (χ0v) is 11.8. The Balaban J connectivity index is 0.00000256.